The van der Waals surface area contributed by atoms with E-state index in [1.54, 1.807) is 12.4 Å². The summed E-state index contributed by atoms with van der Waals surface area (Å²) in [5.41, 5.74) is 1.64. The predicted molar refractivity (Wildman–Crippen MR) is 117 cm³/mol. The number of aromatic amines is 1. The number of rotatable bonds is 4. The number of nitrogens with one attached hydrogen (secondary N) is 1. The third kappa shape index (κ3) is 4.22. The number of likely N-dealkylation sites (tertiary alicyclic amines) is 1. The van der Waals surface area contributed by atoms with Gasteiger partial charge in [0.15, 0.2) is 0 Å². The van der Waals surface area contributed by atoms with Gasteiger partial charge < -0.3 is 9.47 Å². The Morgan fingerprint density at radius 2 is 1.91 bits per heavy atom. The van der Waals surface area contributed by atoms with Crippen LogP contribution in [0.25, 0.3) is 22.2 Å². The zero-order valence-electron chi connectivity index (χ0n) is 17.7. The molecule has 0 bridgehead atoms. The van der Waals surface area contributed by atoms with Crippen molar-refractivity contribution in [3.05, 3.63) is 72.3 Å². The van der Waals surface area contributed by atoms with Gasteiger partial charge in [-0.25, -0.2) is 0 Å². The van der Waals surface area contributed by atoms with Gasteiger partial charge in [-0.3, -0.25) is 14.9 Å². The second-order valence-electron chi connectivity index (χ2n) is 8.36. The summed E-state index contributed by atoms with van der Waals surface area (Å²) >= 11 is 0. The van der Waals surface area contributed by atoms with Crippen molar-refractivity contribution in [2.75, 3.05) is 13.1 Å². The Kier molecular flexibility index (Phi) is 5.39. The van der Waals surface area contributed by atoms with Gasteiger partial charge in [0, 0.05) is 43.0 Å². The highest BCUT2D eigenvalue weighted by molar-refractivity contribution is 5.96. The van der Waals surface area contributed by atoms with Gasteiger partial charge in [0.1, 0.15) is 0 Å². The first-order valence-corrected chi connectivity index (χ1v) is 10.8. The lowest BCUT2D eigenvalue weighted by atomic mass is 9.95. The van der Waals surface area contributed by atoms with Gasteiger partial charge in [0.25, 0.3) is 5.91 Å². The van der Waals surface area contributed by atoms with Crippen molar-refractivity contribution in [3.8, 4) is 11.3 Å². The Bertz CT molecular complexity index is 1270. The first kappa shape index (κ1) is 21.2. The van der Waals surface area contributed by atoms with E-state index in [0.29, 0.717) is 19.0 Å². The molecular formula is C24H22F3N5O. The van der Waals surface area contributed by atoms with Crippen LogP contribution < -0.4 is 0 Å². The Morgan fingerprint density at radius 3 is 2.64 bits per heavy atom. The van der Waals surface area contributed by atoms with Crippen molar-refractivity contribution >= 4 is 16.8 Å². The van der Waals surface area contributed by atoms with Gasteiger partial charge in [-0.2, -0.15) is 18.3 Å². The third-order valence-corrected chi connectivity index (χ3v) is 6.27. The van der Waals surface area contributed by atoms with E-state index in [4.69, 9.17) is 0 Å². The zero-order valence-corrected chi connectivity index (χ0v) is 17.7. The number of hydrogen-bond donors (Lipinski definition) is 1. The molecule has 0 spiro atoms. The predicted octanol–water partition coefficient (Wildman–Crippen LogP) is 5.00. The van der Waals surface area contributed by atoms with E-state index in [9.17, 15) is 18.0 Å². The molecule has 33 heavy (non-hydrogen) atoms. The minimum Gasteiger partial charge on any atom is -0.346 e. The van der Waals surface area contributed by atoms with E-state index in [1.165, 1.54) is 23.1 Å². The van der Waals surface area contributed by atoms with E-state index < -0.39 is 17.6 Å². The second-order valence-corrected chi connectivity index (χ2v) is 8.36. The van der Waals surface area contributed by atoms with Crippen LogP contribution >= 0.6 is 0 Å². The van der Waals surface area contributed by atoms with Crippen LogP contribution in [0.4, 0.5) is 13.2 Å². The molecule has 0 saturated carbocycles. The van der Waals surface area contributed by atoms with Crippen molar-refractivity contribution in [2.24, 2.45) is 5.92 Å². The molecule has 0 aliphatic carbocycles. The minimum atomic E-state index is -4.55. The fraction of sp³-hybridized carbons (Fsp3) is 0.292. The highest BCUT2D eigenvalue weighted by Crippen LogP contribution is 2.33. The summed E-state index contributed by atoms with van der Waals surface area (Å²) in [5.74, 6) is -0.222. The minimum absolute atomic E-state index is 0.278. The van der Waals surface area contributed by atoms with Crippen LogP contribution in [0, 0.1) is 5.92 Å². The molecule has 6 nitrogen and oxygen atoms in total. The van der Waals surface area contributed by atoms with Gasteiger partial charge in [0.05, 0.1) is 34.7 Å². The Hall–Kier alpha value is -3.62. The number of carbonyl (C=O) groups excluding carboxylic acids is 1. The summed E-state index contributed by atoms with van der Waals surface area (Å²) in [6.45, 7) is 1.66. The van der Waals surface area contributed by atoms with Crippen LogP contribution in [-0.2, 0) is 12.7 Å². The monoisotopic (exact) mass is 453 g/mol. The number of fused-ring (bicyclic) bond motifs is 1. The average Bonchev–Trinajstić information content (AvgIpc) is 3.49. The van der Waals surface area contributed by atoms with E-state index >= 15 is 0 Å². The van der Waals surface area contributed by atoms with Gasteiger partial charge >= 0.3 is 6.18 Å². The molecule has 9 heteroatoms. The standard InChI is InChI=1S/C24H22F3N5O/c25-24(26,27)20-4-2-1-3-19(20)23(33)31-8-5-16(6-9-31)15-32-10-7-17-11-21(28-14-22(17)32)18-12-29-30-13-18/h1-4,7,10-14,16H,5-6,8-9,15H2,(H,29,30). The Labute approximate surface area is 188 Å². The van der Waals surface area contributed by atoms with Gasteiger partial charge in [0.2, 0.25) is 0 Å². The molecular weight excluding hydrogens is 431 g/mol. The lowest BCUT2D eigenvalue weighted by molar-refractivity contribution is -0.138. The largest absolute Gasteiger partial charge is 0.417 e. The first-order chi connectivity index (χ1) is 15.9. The van der Waals surface area contributed by atoms with E-state index in [1.807, 2.05) is 24.5 Å². The van der Waals surface area contributed by atoms with Crippen molar-refractivity contribution in [2.45, 2.75) is 25.6 Å². The highest BCUT2D eigenvalue weighted by Gasteiger charge is 2.36. The van der Waals surface area contributed by atoms with Crippen molar-refractivity contribution in [1.29, 1.82) is 0 Å². The fourth-order valence-electron chi connectivity index (χ4n) is 4.48. The molecule has 0 atom stereocenters. The van der Waals surface area contributed by atoms with Crippen LogP contribution in [0.1, 0.15) is 28.8 Å². The number of H-pyrrole nitrogens is 1. The van der Waals surface area contributed by atoms with E-state index in [-0.39, 0.29) is 5.56 Å². The summed E-state index contributed by atoms with van der Waals surface area (Å²) in [5, 5.41) is 7.83. The maximum Gasteiger partial charge on any atom is 0.417 e. The number of amides is 1. The molecule has 1 aliphatic heterocycles. The number of hydrogen-bond acceptors (Lipinski definition) is 3. The average molecular weight is 453 g/mol. The molecule has 4 aromatic rings. The van der Waals surface area contributed by atoms with Gasteiger partial charge in [-0.15, -0.1) is 0 Å². The Balaban J connectivity index is 1.25. The normalized spacial score (nSPS) is 15.3. The summed E-state index contributed by atoms with van der Waals surface area (Å²) in [6.07, 6.45) is 4.33. The molecule has 0 unspecified atom stereocenters. The second kappa shape index (κ2) is 8.38. The van der Waals surface area contributed by atoms with Crippen LogP contribution in [0.5, 0.6) is 0 Å². The maximum absolute atomic E-state index is 13.3. The summed E-state index contributed by atoms with van der Waals surface area (Å²) in [4.78, 5) is 18.9. The smallest absolute Gasteiger partial charge is 0.346 e. The molecule has 170 valence electrons. The molecule has 4 heterocycles. The molecule has 3 aromatic heterocycles. The molecule has 1 aliphatic rings. The summed E-state index contributed by atoms with van der Waals surface area (Å²) in [7, 11) is 0. The number of carbonyl (C=O) groups is 1. The third-order valence-electron chi connectivity index (χ3n) is 6.27. The molecule has 1 amide bonds. The quantitative estimate of drug-likeness (QED) is 0.473. The number of nitrogens with zero attached hydrogens (tertiary/aromatic N) is 4. The molecule has 1 fully saturated rings. The number of benzene rings is 1. The maximum atomic E-state index is 13.3. The fourth-order valence-corrected chi connectivity index (χ4v) is 4.48. The molecule has 1 saturated heterocycles. The highest BCUT2D eigenvalue weighted by atomic mass is 19.4. The molecule has 5 rings (SSSR count). The van der Waals surface area contributed by atoms with Crippen molar-refractivity contribution in [1.82, 2.24) is 24.6 Å². The molecule has 1 N–H and O–H groups in total. The van der Waals surface area contributed by atoms with Gasteiger partial charge in [-0.05, 0) is 43.0 Å². The van der Waals surface area contributed by atoms with Crippen molar-refractivity contribution in [3.63, 3.8) is 0 Å². The van der Waals surface area contributed by atoms with Crippen LogP contribution in [-0.4, -0.2) is 43.6 Å². The lowest BCUT2D eigenvalue weighted by Gasteiger charge is -2.33. The molecule has 1 aromatic carbocycles. The topological polar surface area (TPSA) is 66.8 Å². The van der Waals surface area contributed by atoms with Crippen LogP contribution in [0.2, 0.25) is 0 Å². The number of halogens is 3. The number of alkyl halides is 3. The number of pyridine rings is 1. The van der Waals surface area contributed by atoms with E-state index in [2.05, 4.69) is 19.7 Å². The van der Waals surface area contributed by atoms with Gasteiger partial charge in [-0.1, -0.05) is 12.1 Å². The van der Waals surface area contributed by atoms with Crippen LogP contribution in [0.15, 0.2) is 61.2 Å². The summed E-state index contributed by atoms with van der Waals surface area (Å²) < 4.78 is 42.1. The number of piperidine rings is 1. The SMILES string of the molecule is O=C(c1ccccc1C(F)(F)F)N1CCC(Cn2ccc3cc(-c4cn[nH]c4)ncc32)CC1. The Morgan fingerprint density at radius 1 is 1.12 bits per heavy atom. The van der Waals surface area contributed by atoms with Crippen molar-refractivity contribution < 1.29 is 18.0 Å². The van der Waals surface area contributed by atoms with E-state index in [0.717, 1.165) is 47.6 Å². The first-order valence-electron chi connectivity index (χ1n) is 10.8. The van der Waals surface area contributed by atoms with Crippen LogP contribution in [0.3, 0.4) is 0 Å². The number of aromatic nitrogens is 4. The zero-order chi connectivity index (χ0) is 23.0. The summed E-state index contributed by atoms with van der Waals surface area (Å²) in [6, 6.07) is 9.07. The lowest BCUT2D eigenvalue weighted by Crippen LogP contribution is -2.40. The molecule has 0 radical (unpaired) electrons.